The number of hydrogen-bond acceptors (Lipinski definition) is 3. The first kappa shape index (κ1) is 22.0. The minimum atomic E-state index is -0.483. The summed E-state index contributed by atoms with van der Waals surface area (Å²) in [4.78, 5) is 0. The van der Waals surface area contributed by atoms with Crippen LogP contribution in [0.4, 0.5) is 4.39 Å². The van der Waals surface area contributed by atoms with Crippen LogP contribution in [0, 0.1) is 11.7 Å². The lowest BCUT2D eigenvalue weighted by atomic mass is 9.80. The van der Waals surface area contributed by atoms with Crippen LogP contribution in [0.2, 0.25) is 0 Å². The van der Waals surface area contributed by atoms with Crippen LogP contribution in [0.1, 0.15) is 69.1 Å². The van der Waals surface area contributed by atoms with E-state index in [0.29, 0.717) is 12.5 Å². The number of benzene rings is 2. The molecule has 1 fully saturated rings. The molecule has 0 saturated heterocycles. The first-order valence-electron chi connectivity index (χ1n) is 11.4. The summed E-state index contributed by atoms with van der Waals surface area (Å²) in [6.45, 7) is 9.06. The molecule has 31 heavy (non-hydrogen) atoms. The van der Waals surface area contributed by atoms with Crippen molar-refractivity contribution in [3.05, 3.63) is 71.0 Å². The molecule has 2 aromatic carbocycles. The minimum absolute atomic E-state index is 0.00153. The highest BCUT2D eigenvalue weighted by Gasteiger charge is 2.51. The molecule has 3 nitrogen and oxygen atoms in total. The van der Waals surface area contributed by atoms with Gasteiger partial charge in [-0.25, -0.2) is 4.39 Å². The van der Waals surface area contributed by atoms with Crippen LogP contribution in [-0.4, -0.2) is 30.0 Å². The van der Waals surface area contributed by atoms with E-state index >= 15 is 0 Å². The average Bonchev–Trinajstić information content (AvgIpc) is 3.32. The molecule has 1 aliphatic carbocycles. The summed E-state index contributed by atoms with van der Waals surface area (Å²) in [6.07, 6.45) is 4.05. The van der Waals surface area contributed by atoms with Crippen molar-refractivity contribution < 1.29 is 19.0 Å². The van der Waals surface area contributed by atoms with Gasteiger partial charge in [0, 0.05) is 18.1 Å². The molecule has 1 N–H and O–H groups in total. The third-order valence-electron chi connectivity index (χ3n) is 6.66. The van der Waals surface area contributed by atoms with E-state index in [0.717, 1.165) is 35.3 Å². The number of aliphatic hydroxyl groups is 1. The molecule has 1 aliphatic heterocycles. The highest BCUT2D eigenvalue weighted by atomic mass is 19.1. The van der Waals surface area contributed by atoms with Crippen molar-refractivity contribution in [3.63, 3.8) is 0 Å². The van der Waals surface area contributed by atoms with Gasteiger partial charge in [-0.05, 0) is 85.6 Å². The maximum Gasteiger partial charge on any atom is 0.127 e. The van der Waals surface area contributed by atoms with Crippen molar-refractivity contribution in [1.82, 2.24) is 0 Å². The van der Waals surface area contributed by atoms with Gasteiger partial charge in [0.05, 0.1) is 18.3 Å². The lowest BCUT2D eigenvalue weighted by molar-refractivity contribution is 0.0106. The Morgan fingerprint density at radius 2 is 1.87 bits per heavy atom. The van der Waals surface area contributed by atoms with Crippen LogP contribution in [0.3, 0.4) is 0 Å². The summed E-state index contributed by atoms with van der Waals surface area (Å²) in [7, 11) is 0. The zero-order valence-electron chi connectivity index (χ0n) is 18.9. The predicted octanol–water partition coefficient (Wildman–Crippen LogP) is 6.07. The fourth-order valence-corrected chi connectivity index (χ4v) is 5.14. The van der Waals surface area contributed by atoms with Crippen molar-refractivity contribution in [2.75, 3.05) is 13.2 Å². The zero-order chi connectivity index (χ0) is 22.2. The maximum atomic E-state index is 13.5. The first-order valence-corrected chi connectivity index (χ1v) is 11.4. The molecular weight excluding hydrogens is 391 g/mol. The second kappa shape index (κ2) is 8.76. The zero-order valence-corrected chi connectivity index (χ0v) is 18.9. The van der Waals surface area contributed by atoms with E-state index in [1.54, 1.807) is 0 Å². The van der Waals surface area contributed by atoms with Gasteiger partial charge < -0.3 is 14.6 Å². The molecule has 2 aromatic rings. The largest absolute Gasteiger partial charge is 0.490 e. The molecule has 3 atom stereocenters. The second-order valence-corrected chi connectivity index (χ2v) is 9.50. The Bertz CT molecular complexity index is 947. The van der Waals surface area contributed by atoms with Gasteiger partial charge in [-0.15, -0.1) is 0 Å². The molecule has 0 unspecified atom stereocenters. The highest BCUT2D eigenvalue weighted by molar-refractivity contribution is 5.75. The lowest BCUT2D eigenvalue weighted by Gasteiger charge is -2.32. The van der Waals surface area contributed by atoms with Crippen molar-refractivity contribution in [3.8, 4) is 5.75 Å². The van der Waals surface area contributed by atoms with Crippen LogP contribution < -0.4 is 4.74 Å². The van der Waals surface area contributed by atoms with Crippen LogP contribution in [0.5, 0.6) is 5.75 Å². The predicted molar refractivity (Wildman–Crippen MR) is 122 cm³/mol. The monoisotopic (exact) mass is 424 g/mol. The highest BCUT2D eigenvalue weighted by Crippen LogP contribution is 2.54. The van der Waals surface area contributed by atoms with Crippen molar-refractivity contribution >= 4 is 5.57 Å². The van der Waals surface area contributed by atoms with Gasteiger partial charge >= 0.3 is 0 Å². The van der Waals surface area contributed by atoms with Gasteiger partial charge in [0.1, 0.15) is 11.6 Å². The van der Waals surface area contributed by atoms with Gasteiger partial charge in [-0.1, -0.05) is 32.0 Å². The number of ether oxygens (including phenoxy) is 2. The van der Waals surface area contributed by atoms with E-state index in [4.69, 9.17) is 9.47 Å². The summed E-state index contributed by atoms with van der Waals surface area (Å²) in [5, 5.41) is 10.0. The van der Waals surface area contributed by atoms with Crippen molar-refractivity contribution in [2.45, 2.75) is 64.1 Å². The Kier molecular flexibility index (Phi) is 6.23. The van der Waals surface area contributed by atoms with E-state index < -0.39 is 5.60 Å². The normalized spacial score (nSPS) is 25.6. The van der Waals surface area contributed by atoms with Crippen LogP contribution in [0.25, 0.3) is 5.57 Å². The van der Waals surface area contributed by atoms with E-state index in [9.17, 15) is 9.50 Å². The van der Waals surface area contributed by atoms with E-state index in [2.05, 4.69) is 38.1 Å². The van der Waals surface area contributed by atoms with Gasteiger partial charge in [-0.3, -0.25) is 0 Å². The Morgan fingerprint density at radius 3 is 2.52 bits per heavy atom. The van der Waals surface area contributed by atoms with E-state index in [1.807, 2.05) is 26.0 Å². The number of hydrogen-bond donors (Lipinski definition) is 1. The smallest absolute Gasteiger partial charge is 0.127 e. The topological polar surface area (TPSA) is 38.7 Å². The first-order chi connectivity index (χ1) is 14.8. The molecule has 4 rings (SSSR count). The van der Waals surface area contributed by atoms with Crippen molar-refractivity contribution in [1.29, 1.82) is 0 Å². The number of rotatable bonds is 6. The van der Waals surface area contributed by atoms with Crippen LogP contribution in [-0.2, 0) is 4.74 Å². The summed E-state index contributed by atoms with van der Waals surface area (Å²) in [5.41, 5.74) is 4.02. The van der Waals surface area contributed by atoms with E-state index in [-0.39, 0.29) is 30.4 Å². The summed E-state index contributed by atoms with van der Waals surface area (Å²) < 4.78 is 26.2. The SMILES string of the molecule is CC(C)Oc1ccc(C(C)C)cc1C1=C[C@@]2(CC[C@H](CO)[C@H]2c2ccc(F)cc2)OC1. The lowest BCUT2D eigenvalue weighted by Crippen LogP contribution is -2.33. The summed E-state index contributed by atoms with van der Waals surface area (Å²) >= 11 is 0. The molecule has 0 radical (unpaired) electrons. The van der Waals surface area contributed by atoms with Gasteiger partial charge in [0.15, 0.2) is 0 Å². The maximum absolute atomic E-state index is 13.5. The molecule has 2 aliphatic rings. The van der Waals surface area contributed by atoms with Crippen molar-refractivity contribution in [2.24, 2.45) is 5.92 Å². The molecule has 0 aromatic heterocycles. The van der Waals surface area contributed by atoms with Gasteiger partial charge in [0.2, 0.25) is 0 Å². The standard InChI is InChI=1S/C27H33FO3/c1-17(2)20-7-10-25(31-18(3)4)24(13-20)22-14-27(30-16-22)12-11-21(15-29)26(27)19-5-8-23(28)9-6-19/h5-10,13-14,17-18,21,26,29H,11-12,15-16H2,1-4H3/t21-,26-,27-/m1/s1. The second-order valence-electron chi connectivity index (χ2n) is 9.50. The molecule has 1 saturated carbocycles. The molecular formula is C27H33FO3. The average molecular weight is 425 g/mol. The molecule has 4 heteroatoms. The Hall–Kier alpha value is -2.17. The third kappa shape index (κ3) is 4.28. The van der Waals surface area contributed by atoms with Gasteiger partial charge in [0.25, 0.3) is 0 Å². The number of aliphatic hydroxyl groups excluding tert-OH is 1. The van der Waals surface area contributed by atoms with Crippen LogP contribution in [0.15, 0.2) is 48.5 Å². The Morgan fingerprint density at radius 1 is 1.13 bits per heavy atom. The summed E-state index contributed by atoms with van der Waals surface area (Å²) in [5.74, 6) is 1.14. The van der Waals surface area contributed by atoms with Crippen LogP contribution >= 0.6 is 0 Å². The molecule has 0 amide bonds. The number of halogens is 1. The molecule has 1 spiro atoms. The molecule has 0 bridgehead atoms. The Labute approximate surface area is 184 Å². The third-order valence-corrected chi connectivity index (χ3v) is 6.66. The summed E-state index contributed by atoms with van der Waals surface area (Å²) in [6, 6.07) is 13.1. The van der Waals surface area contributed by atoms with Gasteiger partial charge in [-0.2, -0.15) is 0 Å². The molecule has 166 valence electrons. The fraction of sp³-hybridized carbons (Fsp3) is 0.481. The fourth-order valence-electron chi connectivity index (χ4n) is 5.14. The Balaban J connectivity index is 1.76. The van der Waals surface area contributed by atoms with E-state index in [1.165, 1.54) is 17.7 Å². The quantitative estimate of drug-likeness (QED) is 0.611. The minimum Gasteiger partial charge on any atom is -0.490 e. The molecule has 1 heterocycles.